The molecular formula is C14H13ClN4O. The van der Waals surface area contributed by atoms with E-state index < -0.39 is 0 Å². The quantitative estimate of drug-likeness (QED) is 0.797. The van der Waals surface area contributed by atoms with Crippen molar-refractivity contribution in [3.63, 3.8) is 0 Å². The van der Waals surface area contributed by atoms with Crippen LogP contribution in [0.5, 0.6) is 0 Å². The van der Waals surface area contributed by atoms with Crippen LogP contribution >= 0.6 is 11.6 Å². The fraction of sp³-hybridized carbons (Fsp3) is 0.143. The van der Waals surface area contributed by atoms with Gasteiger partial charge in [-0.1, -0.05) is 29.8 Å². The van der Waals surface area contributed by atoms with Gasteiger partial charge in [-0.3, -0.25) is 4.57 Å². The third-order valence-corrected chi connectivity index (χ3v) is 3.39. The lowest BCUT2D eigenvalue weighted by Crippen LogP contribution is -2.29. The summed E-state index contributed by atoms with van der Waals surface area (Å²) < 4.78 is 3.00. The number of nitrogens with two attached hydrogens (primary N) is 1. The lowest BCUT2D eigenvalue weighted by Gasteiger charge is -2.13. The Morgan fingerprint density at radius 3 is 2.70 bits per heavy atom. The standard InChI is InChI=1S/C14H13ClN4O/c15-12-9-17-13-8-11(6-7-16)18(14(20)19(12)13)10-4-2-1-3-5-10/h1-5,8-9H,6-7,16H2. The molecule has 0 fully saturated rings. The van der Waals surface area contributed by atoms with E-state index in [2.05, 4.69) is 4.98 Å². The Hall–Kier alpha value is -2.11. The molecule has 0 aliphatic carbocycles. The van der Waals surface area contributed by atoms with Crippen molar-refractivity contribution in [3.05, 3.63) is 63.9 Å². The summed E-state index contributed by atoms with van der Waals surface area (Å²) in [5.41, 5.74) is 7.54. The first-order chi connectivity index (χ1) is 9.72. The fourth-order valence-corrected chi connectivity index (χ4v) is 2.46. The maximum Gasteiger partial charge on any atom is 0.339 e. The molecule has 2 aromatic heterocycles. The molecule has 0 spiro atoms. The minimum atomic E-state index is -0.236. The average molecular weight is 289 g/mol. The van der Waals surface area contributed by atoms with E-state index in [9.17, 15) is 4.79 Å². The third kappa shape index (κ3) is 2.01. The zero-order valence-corrected chi connectivity index (χ0v) is 11.4. The Morgan fingerprint density at radius 2 is 2.00 bits per heavy atom. The number of nitrogens with zero attached hydrogens (tertiary/aromatic N) is 3. The molecule has 3 aromatic rings. The van der Waals surface area contributed by atoms with Gasteiger partial charge in [0.1, 0.15) is 10.8 Å². The van der Waals surface area contributed by atoms with Gasteiger partial charge in [-0.2, -0.15) is 0 Å². The maximum absolute atomic E-state index is 12.7. The van der Waals surface area contributed by atoms with Gasteiger partial charge in [0.25, 0.3) is 0 Å². The van der Waals surface area contributed by atoms with Crippen LogP contribution in [-0.4, -0.2) is 20.5 Å². The molecule has 20 heavy (non-hydrogen) atoms. The summed E-state index contributed by atoms with van der Waals surface area (Å²) in [6.45, 7) is 0.455. The minimum Gasteiger partial charge on any atom is -0.330 e. The van der Waals surface area contributed by atoms with Crippen molar-refractivity contribution < 1.29 is 0 Å². The van der Waals surface area contributed by atoms with Crippen LogP contribution in [0.15, 0.2) is 47.4 Å². The third-order valence-electron chi connectivity index (χ3n) is 3.13. The normalized spacial score (nSPS) is 11.1. The molecule has 0 radical (unpaired) electrons. The predicted molar refractivity (Wildman–Crippen MR) is 78.6 cm³/mol. The van der Waals surface area contributed by atoms with E-state index >= 15 is 0 Å². The Bertz CT molecular complexity index is 807. The Labute approximate surface area is 120 Å². The van der Waals surface area contributed by atoms with Crippen molar-refractivity contribution in [2.45, 2.75) is 6.42 Å². The predicted octanol–water partition coefficient (Wildman–Crippen LogP) is 1.64. The average Bonchev–Trinajstić information content (AvgIpc) is 2.82. The molecule has 0 atom stereocenters. The Kier molecular flexibility index (Phi) is 3.30. The van der Waals surface area contributed by atoms with Gasteiger partial charge in [-0.05, 0) is 18.7 Å². The first-order valence-electron chi connectivity index (χ1n) is 6.26. The van der Waals surface area contributed by atoms with Crippen molar-refractivity contribution in [1.29, 1.82) is 0 Å². The van der Waals surface area contributed by atoms with Gasteiger partial charge in [-0.25, -0.2) is 14.2 Å². The molecule has 102 valence electrons. The van der Waals surface area contributed by atoms with E-state index in [1.165, 1.54) is 10.6 Å². The monoisotopic (exact) mass is 288 g/mol. The highest BCUT2D eigenvalue weighted by Crippen LogP contribution is 2.14. The van der Waals surface area contributed by atoms with Crippen LogP contribution in [0.2, 0.25) is 5.15 Å². The molecule has 0 aliphatic heterocycles. The summed E-state index contributed by atoms with van der Waals surface area (Å²) in [6.07, 6.45) is 2.06. The molecule has 2 heterocycles. The Balaban J connectivity index is 2.38. The number of halogens is 1. The highest BCUT2D eigenvalue weighted by molar-refractivity contribution is 6.29. The number of rotatable bonds is 3. The van der Waals surface area contributed by atoms with Crippen LogP contribution in [0.1, 0.15) is 5.69 Å². The second kappa shape index (κ2) is 5.11. The zero-order chi connectivity index (χ0) is 14.1. The van der Waals surface area contributed by atoms with Crippen LogP contribution in [0, 0.1) is 0 Å². The topological polar surface area (TPSA) is 65.3 Å². The van der Waals surface area contributed by atoms with Crippen LogP contribution < -0.4 is 11.4 Å². The molecule has 6 heteroatoms. The molecule has 0 saturated carbocycles. The van der Waals surface area contributed by atoms with E-state index in [1.54, 1.807) is 4.57 Å². The van der Waals surface area contributed by atoms with Crippen LogP contribution in [0.3, 0.4) is 0 Å². The van der Waals surface area contributed by atoms with Gasteiger partial charge in [0.05, 0.1) is 11.9 Å². The molecule has 1 aromatic carbocycles. The molecule has 0 aliphatic rings. The molecule has 2 N–H and O–H groups in total. The number of hydrogen-bond acceptors (Lipinski definition) is 3. The van der Waals surface area contributed by atoms with E-state index in [4.69, 9.17) is 17.3 Å². The van der Waals surface area contributed by atoms with Crippen molar-refractivity contribution >= 4 is 17.2 Å². The summed E-state index contributed by atoms with van der Waals surface area (Å²) in [4.78, 5) is 16.8. The van der Waals surface area contributed by atoms with Crippen LogP contribution in [-0.2, 0) is 6.42 Å². The fourth-order valence-electron chi connectivity index (χ4n) is 2.26. The number of para-hydroxylation sites is 1. The largest absolute Gasteiger partial charge is 0.339 e. The lowest BCUT2D eigenvalue weighted by atomic mass is 10.2. The Morgan fingerprint density at radius 1 is 1.25 bits per heavy atom. The number of aromatic nitrogens is 3. The van der Waals surface area contributed by atoms with Crippen molar-refractivity contribution in [1.82, 2.24) is 14.0 Å². The van der Waals surface area contributed by atoms with E-state index in [1.807, 2.05) is 36.4 Å². The summed E-state index contributed by atoms with van der Waals surface area (Å²) in [5.74, 6) is 0. The summed E-state index contributed by atoms with van der Waals surface area (Å²) >= 11 is 6.03. The van der Waals surface area contributed by atoms with Gasteiger partial charge in [0.15, 0.2) is 0 Å². The SMILES string of the molecule is NCCc1cc2ncc(Cl)n2c(=O)n1-c1ccccc1. The van der Waals surface area contributed by atoms with Gasteiger partial charge in [0, 0.05) is 18.2 Å². The summed E-state index contributed by atoms with van der Waals surface area (Å²) in [6, 6.07) is 11.3. The first-order valence-corrected chi connectivity index (χ1v) is 6.63. The number of hydrogen-bond donors (Lipinski definition) is 1. The van der Waals surface area contributed by atoms with Gasteiger partial charge in [-0.15, -0.1) is 0 Å². The molecule has 0 amide bonds. The second-order valence-electron chi connectivity index (χ2n) is 4.40. The van der Waals surface area contributed by atoms with Crippen molar-refractivity contribution in [2.24, 2.45) is 5.73 Å². The van der Waals surface area contributed by atoms with Gasteiger partial charge in [0.2, 0.25) is 0 Å². The lowest BCUT2D eigenvalue weighted by molar-refractivity contribution is 0.789. The number of benzene rings is 1. The molecule has 5 nitrogen and oxygen atoms in total. The molecule has 0 unspecified atom stereocenters. The molecule has 0 saturated heterocycles. The minimum absolute atomic E-state index is 0.236. The van der Waals surface area contributed by atoms with Crippen LogP contribution in [0.25, 0.3) is 11.3 Å². The molecule has 3 rings (SSSR count). The van der Waals surface area contributed by atoms with Crippen molar-refractivity contribution in [2.75, 3.05) is 6.54 Å². The molecule has 0 bridgehead atoms. The highest BCUT2D eigenvalue weighted by Gasteiger charge is 2.13. The van der Waals surface area contributed by atoms with E-state index in [0.29, 0.717) is 23.8 Å². The number of imidazole rings is 1. The van der Waals surface area contributed by atoms with Gasteiger partial charge >= 0.3 is 5.69 Å². The first kappa shape index (κ1) is 12.9. The summed E-state index contributed by atoms with van der Waals surface area (Å²) in [5, 5.41) is 0.300. The molecular weight excluding hydrogens is 276 g/mol. The highest BCUT2D eigenvalue weighted by atomic mass is 35.5. The van der Waals surface area contributed by atoms with E-state index in [-0.39, 0.29) is 5.69 Å². The number of fused-ring (bicyclic) bond motifs is 1. The van der Waals surface area contributed by atoms with Gasteiger partial charge < -0.3 is 5.73 Å². The maximum atomic E-state index is 12.7. The van der Waals surface area contributed by atoms with Crippen LogP contribution in [0.4, 0.5) is 0 Å². The summed E-state index contributed by atoms with van der Waals surface area (Å²) in [7, 11) is 0. The second-order valence-corrected chi connectivity index (χ2v) is 4.79. The van der Waals surface area contributed by atoms with E-state index in [0.717, 1.165) is 11.4 Å². The van der Waals surface area contributed by atoms with Crippen molar-refractivity contribution in [3.8, 4) is 5.69 Å². The zero-order valence-electron chi connectivity index (χ0n) is 10.7. The smallest absolute Gasteiger partial charge is 0.330 e.